The molecule has 27 heavy (non-hydrogen) atoms. The molecule has 1 aromatic carbocycles. The van der Waals surface area contributed by atoms with Gasteiger partial charge in [0, 0.05) is 18.4 Å². The third-order valence-corrected chi connectivity index (χ3v) is 5.04. The highest BCUT2D eigenvalue weighted by Crippen LogP contribution is 2.32. The summed E-state index contributed by atoms with van der Waals surface area (Å²) in [6, 6.07) is 4.54. The molecule has 140 valence electrons. The number of methoxy groups -OCH3 is 1. The second-order valence-corrected chi connectivity index (χ2v) is 6.80. The van der Waals surface area contributed by atoms with Crippen LogP contribution in [-0.2, 0) is 11.2 Å². The first-order chi connectivity index (χ1) is 13.0. The van der Waals surface area contributed by atoms with Gasteiger partial charge in [0.2, 0.25) is 5.91 Å². The van der Waals surface area contributed by atoms with E-state index in [4.69, 9.17) is 10.5 Å². The lowest BCUT2D eigenvalue weighted by atomic mass is 10.0. The molecule has 2 heterocycles. The fourth-order valence-electron chi connectivity index (χ4n) is 3.60. The van der Waals surface area contributed by atoms with Gasteiger partial charge in [0.25, 0.3) is 0 Å². The van der Waals surface area contributed by atoms with Gasteiger partial charge in [-0.3, -0.25) is 4.79 Å². The Kier molecular flexibility index (Phi) is 4.43. The monoisotopic (exact) mass is 370 g/mol. The van der Waals surface area contributed by atoms with E-state index in [0.29, 0.717) is 35.0 Å². The molecular formula is C18H19FN6O2. The second-order valence-electron chi connectivity index (χ2n) is 6.80. The van der Waals surface area contributed by atoms with Crippen LogP contribution in [0.4, 0.5) is 4.39 Å². The van der Waals surface area contributed by atoms with Gasteiger partial charge in [0.15, 0.2) is 22.7 Å². The number of halogens is 1. The average molecular weight is 370 g/mol. The highest BCUT2D eigenvalue weighted by molar-refractivity contribution is 5.76. The molecule has 1 fully saturated rings. The summed E-state index contributed by atoms with van der Waals surface area (Å²) in [7, 11) is 1.41. The van der Waals surface area contributed by atoms with Gasteiger partial charge in [-0.1, -0.05) is 5.21 Å². The van der Waals surface area contributed by atoms with E-state index in [9.17, 15) is 9.18 Å². The molecule has 3 aromatic rings. The summed E-state index contributed by atoms with van der Waals surface area (Å²) in [6.07, 6.45) is 4.77. The van der Waals surface area contributed by atoms with Crippen LogP contribution >= 0.6 is 0 Å². The summed E-state index contributed by atoms with van der Waals surface area (Å²) in [5.74, 6) is 0.337. The molecule has 0 radical (unpaired) electrons. The molecule has 4 rings (SSSR count). The molecule has 1 amide bonds. The van der Waals surface area contributed by atoms with E-state index in [1.807, 2.05) is 0 Å². The Hall–Kier alpha value is -3.10. The SMILES string of the molecule is COc1ccc(-n2nnc3cnc(C[C@@H]4CC[C@@H](C(N)=O)C4)nc32)cc1F. The van der Waals surface area contributed by atoms with Gasteiger partial charge >= 0.3 is 0 Å². The number of carbonyl (C=O) groups is 1. The van der Waals surface area contributed by atoms with Crippen molar-refractivity contribution in [3.8, 4) is 11.4 Å². The molecule has 0 aliphatic heterocycles. The van der Waals surface area contributed by atoms with Gasteiger partial charge < -0.3 is 10.5 Å². The summed E-state index contributed by atoms with van der Waals surface area (Å²) >= 11 is 0. The van der Waals surface area contributed by atoms with Crippen LogP contribution in [0.2, 0.25) is 0 Å². The molecule has 2 atom stereocenters. The Morgan fingerprint density at radius 2 is 2.26 bits per heavy atom. The Balaban J connectivity index is 1.62. The quantitative estimate of drug-likeness (QED) is 0.733. The van der Waals surface area contributed by atoms with Crippen LogP contribution in [0.15, 0.2) is 24.4 Å². The minimum Gasteiger partial charge on any atom is -0.494 e. The zero-order valence-electron chi connectivity index (χ0n) is 14.8. The van der Waals surface area contributed by atoms with Crippen molar-refractivity contribution in [1.82, 2.24) is 25.0 Å². The zero-order chi connectivity index (χ0) is 19.0. The van der Waals surface area contributed by atoms with E-state index in [0.717, 1.165) is 19.3 Å². The predicted octanol–water partition coefficient (Wildman–Crippen LogP) is 1.80. The standard InChI is InChI=1S/C18H19FN6O2/c1-27-15-5-4-12(8-13(15)19)25-18-14(23-24-25)9-21-16(22-18)7-10-2-3-11(6-10)17(20)26/h4-5,8-11H,2-3,6-7H2,1H3,(H2,20,26)/t10-,11-/m1/s1. The Morgan fingerprint density at radius 1 is 1.41 bits per heavy atom. The van der Waals surface area contributed by atoms with E-state index in [2.05, 4.69) is 20.3 Å². The fourth-order valence-corrected chi connectivity index (χ4v) is 3.60. The van der Waals surface area contributed by atoms with Gasteiger partial charge in [-0.25, -0.2) is 14.4 Å². The van der Waals surface area contributed by atoms with Crippen molar-refractivity contribution in [2.45, 2.75) is 25.7 Å². The molecular weight excluding hydrogens is 351 g/mol. The number of nitrogens with zero attached hydrogens (tertiary/aromatic N) is 5. The normalized spacial score (nSPS) is 19.5. The van der Waals surface area contributed by atoms with Crippen LogP contribution in [0.5, 0.6) is 5.75 Å². The van der Waals surface area contributed by atoms with Gasteiger partial charge in [0.05, 0.1) is 19.0 Å². The molecule has 1 aliphatic carbocycles. The summed E-state index contributed by atoms with van der Waals surface area (Å²) < 4.78 is 20.5. The van der Waals surface area contributed by atoms with Gasteiger partial charge in [0.1, 0.15) is 5.82 Å². The summed E-state index contributed by atoms with van der Waals surface area (Å²) in [6.45, 7) is 0. The maximum Gasteiger partial charge on any atom is 0.220 e. The number of primary amides is 1. The third kappa shape index (κ3) is 3.32. The first kappa shape index (κ1) is 17.3. The number of rotatable bonds is 5. The molecule has 2 aromatic heterocycles. The van der Waals surface area contributed by atoms with E-state index >= 15 is 0 Å². The first-order valence-corrected chi connectivity index (χ1v) is 8.75. The van der Waals surface area contributed by atoms with Gasteiger partial charge in [-0.2, -0.15) is 4.68 Å². The minimum atomic E-state index is -0.489. The Morgan fingerprint density at radius 3 is 2.96 bits per heavy atom. The number of benzene rings is 1. The van der Waals surface area contributed by atoms with E-state index in [-0.39, 0.29) is 17.6 Å². The second kappa shape index (κ2) is 6.90. The number of ether oxygens (including phenoxy) is 1. The van der Waals surface area contributed by atoms with Crippen LogP contribution in [0, 0.1) is 17.7 Å². The van der Waals surface area contributed by atoms with E-state index in [1.54, 1.807) is 12.3 Å². The van der Waals surface area contributed by atoms with Crippen molar-refractivity contribution < 1.29 is 13.9 Å². The highest BCUT2D eigenvalue weighted by Gasteiger charge is 2.29. The first-order valence-electron chi connectivity index (χ1n) is 8.75. The van der Waals surface area contributed by atoms with E-state index in [1.165, 1.54) is 23.9 Å². The molecule has 0 unspecified atom stereocenters. The highest BCUT2D eigenvalue weighted by atomic mass is 19.1. The largest absolute Gasteiger partial charge is 0.494 e. The summed E-state index contributed by atoms with van der Waals surface area (Å²) in [5, 5.41) is 8.11. The molecule has 0 bridgehead atoms. The van der Waals surface area contributed by atoms with Crippen molar-refractivity contribution in [3.63, 3.8) is 0 Å². The molecule has 8 nitrogen and oxygen atoms in total. The van der Waals surface area contributed by atoms with Crippen molar-refractivity contribution >= 4 is 17.1 Å². The lowest BCUT2D eigenvalue weighted by Gasteiger charge is -2.09. The Bertz CT molecular complexity index is 1000. The van der Waals surface area contributed by atoms with E-state index < -0.39 is 5.82 Å². The molecule has 0 spiro atoms. The molecule has 9 heteroatoms. The van der Waals surface area contributed by atoms with Crippen molar-refractivity contribution in [2.24, 2.45) is 17.6 Å². The lowest BCUT2D eigenvalue weighted by Crippen LogP contribution is -2.21. The molecule has 0 saturated heterocycles. The summed E-state index contributed by atoms with van der Waals surface area (Å²) in [4.78, 5) is 20.3. The molecule has 1 aliphatic rings. The van der Waals surface area contributed by atoms with Crippen molar-refractivity contribution in [1.29, 1.82) is 0 Å². The number of hydrogen-bond acceptors (Lipinski definition) is 6. The number of nitrogens with two attached hydrogens (primary N) is 1. The van der Waals surface area contributed by atoms with Gasteiger partial charge in [-0.15, -0.1) is 5.10 Å². The Labute approximate surface area is 154 Å². The predicted molar refractivity (Wildman–Crippen MR) is 94.7 cm³/mol. The zero-order valence-corrected chi connectivity index (χ0v) is 14.8. The van der Waals surface area contributed by atoms with Crippen LogP contribution in [0.3, 0.4) is 0 Å². The number of amides is 1. The van der Waals surface area contributed by atoms with Crippen molar-refractivity contribution in [2.75, 3.05) is 7.11 Å². The van der Waals surface area contributed by atoms with Gasteiger partial charge in [-0.05, 0) is 37.3 Å². The van der Waals surface area contributed by atoms with Crippen LogP contribution in [0.1, 0.15) is 25.1 Å². The molecule has 1 saturated carbocycles. The number of fused-ring (bicyclic) bond motifs is 1. The maximum atomic E-state index is 14.0. The maximum absolute atomic E-state index is 14.0. The minimum absolute atomic E-state index is 0.0619. The lowest BCUT2D eigenvalue weighted by molar-refractivity contribution is -0.121. The summed E-state index contributed by atoms with van der Waals surface area (Å²) in [5.41, 5.74) is 6.93. The molecule has 2 N–H and O–H groups in total. The van der Waals surface area contributed by atoms with Crippen LogP contribution < -0.4 is 10.5 Å². The van der Waals surface area contributed by atoms with Crippen LogP contribution in [0.25, 0.3) is 16.9 Å². The number of hydrogen-bond donors (Lipinski definition) is 1. The number of aromatic nitrogens is 5. The van der Waals surface area contributed by atoms with Crippen molar-refractivity contribution in [3.05, 3.63) is 36.0 Å². The third-order valence-electron chi connectivity index (χ3n) is 5.04. The van der Waals surface area contributed by atoms with Crippen LogP contribution in [-0.4, -0.2) is 38.0 Å². The topological polar surface area (TPSA) is 109 Å². The fraction of sp³-hybridized carbons (Fsp3) is 0.389. The number of carbonyl (C=O) groups excluding carboxylic acids is 1. The average Bonchev–Trinajstić information content (AvgIpc) is 3.28. The smallest absolute Gasteiger partial charge is 0.220 e.